The second-order valence-corrected chi connectivity index (χ2v) is 9.17. The number of hydrogen-bond donors (Lipinski definition) is 0. The molecule has 0 spiro atoms. The van der Waals surface area contributed by atoms with Gasteiger partial charge in [0.05, 0.1) is 0 Å². The number of nitrogens with zero attached hydrogens (tertiary/aromatic N) is 1. The van der Waals surface area contributed by atoms with Crippen molar-refractivity contribution < 1.29 is 8.42 Å². The van der Waals surface area contributed by atoms with Crippen LogP contribution < -0.4 is 0 Å². The fourth-order valence-electron chi connectivity index (χ4n) is 1.72. The van der Waals surface area contributed by atoms with Gasteiger partial charge in [0.25, 0.3) is 10.0 Å². The van der Waals surface area contributed by atoms with Crippen molar-refractivity contribution in [2.45, 2.75) is 17.1 Å². The summed E-state index contributed by atoms with van der Waals surface area (Å²) in [7, 11) is -1.75. The monoisotopic (exact) mass is 349 g/mol. The summed E-state index contributed by atoms with van der Waals surface area (Å²) in [4.78, 5) is 2.20. The fraction of sp³-hybridized carbons (Fsp3) is 0.385. The third-order valence-electron chi connectivity index (χ3n) is 2.90. The van der Waals surface area contributed by atoms with Crippen LogP contribution in [0, 0.1) is 0 Å². The molecule has 0 saturated heterocycles. The smallest absolute Gasteiger partial charge is 0.206 e. The summed E-state index contributed by atoms with van der Waals surface area (Å²) >= 11 is 8.63. The van der Waals surface area contributed by atoms with Gasteiger partial charge in [0.15, 0.2) is 0 Å². The molecule has 20 heavy (non-hydrogen) atoms. The van der Waals surface area contributed by atoms with Crippen LogP contribution in [-0.4, -0.2) is 32.2 Å². The molecule has 0 aliphatic rings. The minimum Gasteiger partial charge on any atom is -0.206 e. The Morgan fingerprint density at radius 1 is 1.20 bits per heavy atom. The molecule has 110 valence electrons. The molecule has 0 saturated carbocycles. The third kappa shape index (κ3) is 3.83. The molecule has 2 heterocycles. The van der Waals surface area contributed by atoms with E-state index in [0.717, 1.165) is 11.3 Å². The fourth-order valence-corrected chi connectivity index (χ4v) is 5.47. The standard InChI is InChI=1S/C13H16ClNO2S3/c1-15(9-7-11-3-2-10-18-11)20(16,17)13-5-4-12(19-13)6-8-14/h2-5,10H,6-9H2,1H3. The average molecular weight is 350 g/mol. The second kappa shape index (κ2) is 7.04. The maximum Gasteiger partial charge on any atom is 0.252 e. The summed E-state index contributed by atoms with van der Waals surface area (Å²) in [5, 5.41) is 2.00. The van der Waals surface area contributed by atoms with Crippen molar-refractivity contribution in [1.82, 2.24) is 4.31 Å². The van der Waals surface area contributed by atoms with Crippen LogP contribution in [0.4, 0.5) is 0 Å². The van der Waals surface area contributed by atoms with E-state index in [2.05, 4.69) is 0 Å². The third-order valence-corrected chi connectivity index (χ3v) is 7.49. The van der Waals surface area contributed by atoms with E-state index in [1.165, 1.54) is 20.5 Å². The summed E-state index contributed by atoms with van der Waals surface area (Å²) in [6, 6.07) is 7.51. The molecule has 0 bridgehead atoms. The molecule has 0 amide bonds. The highest BCUT2D eigenvalue weighted by Crippen LogP contribution is 2.25. The number of hydrogen-bond acceptors (Lipinski definition) is 4. The quantitative estimate of drug-likeness (QED) is 0.718. The number of thiophene rings is 2. The number of alkyl halides is 1. The summed E-state index contributed by atoms with van der Waals surface area (Å²) in [6.07, 6.45) is 1.45. The van der Waals surface area contributed by atoms with E-state index in [9.17, 15) is 8.42 Å². The van der Waals surface area contributed by atoms with Crippen LogP contribution in [0.5, 0.6) is 0 Å². The van der Waals surface area contributed by atoms with E-state index in [4.69, 9.17) is 11.6 Å². The van der Waals surface area contributed by atoms with E-state index >= 15 is 0 Å². The first-order chi connectivity index (χ1) is 9.54. The van der Waals surface area contributed by atoms with Crippen LogP contribution in [0.2, 0.25) is 0 Å². The minimum absolute atomic E-state index is 0.395. The first-order valence-electron chi connectivity index (χ1n) is 6.17. The highest BCUT2D eigenvalue weighted by molar-refractivity contribution is 7.91. The van der Waals surface area contributed by atoms with Crippen molar-refractivity contribution in [3.05, 3.63) is 39.4 Å². The van der Waals surface area contributed by atoms with Crippen molar-refractivity contribution in [2.75, 3.05) is 19.5 Å². The number of halogens is 1. The Bertz CT molecular complexity index is 634. The van der Waals surface area contributed by atoms with Gasteiger partial charge in [-0.1, -0.05) is 6.07 Å². The Labute approximate surface area is 132 Å². The van der Waals surface area contributed by atoms with Crippen molar-refractivity contribution in [3.63, 3.8) is 0 Å². The first kappa shape index (κ1) is 16.0. The number of aryl methyl sites for hydroxylation is 1. The van der Waals surface area contributed by atoms with Crippen molar-refractivity contribution in [1.29, 1.82) is 0 Å². The summed E-state index contributed by atoms with van der Waals surface area (Å²) < 4.78 is 26.6. The molecule has 0 fully saturated rings. The lowest BCUT2D eigenvalue weighted by molar-refractivity contribution is 0.475. The molecule has 0 atom stereocenters. The Morgan fingerprint density at radius 3 is 2.65 bits per heavy atom. The van der Waals surface area contributed by atoms with Crippen LogP contribution in [0.15, 0.2) is 33.9 Å². The molecule has 0 N–H and O–H groups in total. The molecule has 2 aromatic heterocycles. The zero-order valence-corrected chi connectivity index (χ0v) is 14.3. The lowest BCUT2D eigenvalue weighted by Crippen LogP contribution is -2.28. The molecule has 7 heteroatoms. The van der Waals surface area contributed by atoms with Crippen LogP contribution in [0.1, 0.15) is 9.75 Å². The van der Waals surface area contributed by atoms with Gasteiger partial charge in [-0.2, -0.15) is 4.31 Å². The lowest BCUT2D eigenvalue weighted by Gasteiger charge is -2.15. The molecule has 0 unspecified atom stereocenters. The van der Waals surface area contributed by atoms with Gasteiger partial charge in [0, 0.05) is 29.2 Å². The van der Waals surface area contributed by atoms with Crippen molar-refractivity contribution in [3.8, 4) is 0 Å². The molecular formula is C13H16ClNO2S3. The van der Waals surface area contributed by atoms with Gasteiger partial charge >= 0.3 is 0 Å². The van der Waals surface area contributed by atoms with Crippen LogP contribution in [0.3, 0.4) is 0 Å². The Kier molecular flexibility index (Phi) is 5.63. The first-order valence-corrected chi connectivity index (χ1v) is 9.84. The van der Waals surface area contributed by atoms with E-state index in [1.54, 1.807) is 24.5 Å². The molecule has 0 radical (unpaired) electrons. The molecule has 0 aromatic carbocycles. The van der Waals surface area contributed by atoms with Gasteiger partial charge < -0.3 is 0 Å². The van der Waals surface area contributed by atoms with Gasteiger partial charge in [-0.3, -0.25) is 0 Å². The lowest BCUT2D eigenvalue weighted by atomic mass is 10.3. The molecule has 0 aliphatic heterocycles. The maximum atomic E-state index is 12.4. The summed E-state index contributed by atoms with van der Waals surface area (Å²) in [5.41, 5.74) is 0. The van der Waals surface area contributed by atoms with E-state index in [1.807, 2.05) is 23.6 Å². The Balaban J connectivity index is 2.04. The predicted octanol–water partition coefficient (Wildman–Crippen LogP) is 3.45. The van der Waals surface area contributed by atoms with Crippen molar-refractivity contribution in [2.24, 2.45) is 0 Å². The molecule has 2 rings (SSSR count). The van der Waals surface area contributed by atoms with Gasteiger partial charge in [-0.05, 0) is 36.4 Å². The molecule has 0 aliphatic carbocycles. The Morgan fingerprint density at radius 2 is 2.00 bits per heavy atom. The zero-order valence-electron chi connectivity index (χ0n) is 11.1. The van der Waals surface area contributed by atoms with Gasteiger partial charge in [-0.15, -0.1) is 34.3 Å². The number of likely N-dealkylation sites (N-methyl/N-ethyl adjacent to an activating group) is 1. The molecule has 3 nitrogen and oxygen atoms in total. The van der Waals surface area contributed by atoms with E-state index in [0.29, 0.717) is 23.1 Å². The highest BCUT2D eigenvalue weighted by atomic mass is 35.5. The zero-order chi connectivity index (χ0) is 14.6. The van der Waals surface area contributed by atoms with Gasteiger partial charge in [0.2, 0.25) is 0 Å². The summed E-state index contributed by atoms with van der Waals surface area (Å²) in [5.74, 6) is 0.508. The van der Waals surface area contributed by atoms with E-state index in [-0.39, 0.29) is 0 Å². The molecular weight excluding hydrogens is 334 g/mol. The van der Waals surface area contributed by atoms with Crippen LogP contribution in [-0.2, 0) is 22.9 Å². The Hall–Kier alpha value is -0.400. The maximum absolute atomic E-state index is 12.4. The second-order valence-electron chi connectivity index (χ2n) is 4.32. The average Bonchev–Trinajstić information content (AvgIpc) is 3.07. The SMILES string of the molecule is CN(CCc1cccs1)S(=O)(=O)c1ccc(CCCl)s1. The number of sulfonamides is 1. The van der Waals surface area contributed by atoms with Gasteiger partial charge in [0.1, 0.15) is 4.21 Å². The topological polar surface area (TPSA) is 37.4 Å². The largest absolute Gasteiger partial charge is 0.252 e. The van der Waals surface area contributed by atoms with E-state index < -0.39 is 10.0 Å². The van der Waals surface area contributed by atoms with Crippen LogP contribution >= 0.6 is 34.3 Å². The number of rotatable bonds is 7. The van der Waals surface area contributed by atoms with Crippen molar-refractivity contribution >= 4 is 44.3 Å². The van der Waals surface area contributed by atoms with Crippen LogP contribution in [0.25, 0.3) is 0 Å². The highest BCUT2D eigenvalue weighted by Gasteiger charge is 2.22. The predicted molar refractivity (Wildman–Crippen MR) is 86.6 cm³/mol. The summed E-state index contributed by atoms with van der Waals surface area (Å²) in [6.45, 7) is 0.492. The molecule has 2 aromatic rings. The minimum atomic E-state index is -3.38. The van der Waals surface area contributed by atoms with Gasteiger partial charge in [-0.25, -0.2) is 8.42 Å². The normalized spacial score (nSPS) is 12.2.